The van der Waals surface area contributed by atoms with Gasteiger partial charge < -0.3 is 5.73 Å². The van der Waals surface area contributed by atoms with E-state index in [0.29, 0.717) is 5.69 Å². The summed E-state index contributed by atoms with van der Waals surface area (Å²) in [6, 6.07) is 0. The first kappa shape index (κ1) is 8.00. The van der Waals surface area contributed by atoms with Gasteiger partial charge in [0.15, 0.2) is 5.38 Å². The third-order valence-corrected chi connectivity index (χ3v) is 1.57. The number of primary amides is 1. The molecule has 1 aromatic heterocycles. The maximum absolute atomic E-state index is 10.5. The third-order valence-electron chi connectivity index (χ3n) is 1.13. The minimum atomic E-state index is -0.885. The molecule has 0 spiro atoms. The van der Waals surface area contributed by atoms with Gasteiger partial charge in [0, 0.05) is 7.05 Å². The Morgan fingerprint density at radius 2 is 2.55 bits per heavy atom. The number of carbonyl (C=O) groups excluding carboxylic acids is 1. The third kappa shape index (κ3) is 1.68. The van der Waals surface area contributed by atoms with Crippen LogP contribution in [0.5, 0.6) is 0 Å². The predicted octanol–water partition coefficient (Wildman–Crippen LogP) is -0.420. The molecule has 2 N–H and O–H groups in total. The van der Waals surface area contributed by atoms with E-state index >= 15 is 0 Å². The van der Waals surface area contributed by atoms with Crippen molar-refractivity contribution in [3.63, 3.8) is 0 Å². The van der Waals surface area contributed by atoms with Crippen LogP contribution < -0.4 is 5.73 Å². The molecule has 0 bridgehead atoms. The quantitative estimate of drug-likeness (QED) is 0.619. The molecular weight excluding hydrogens is 168 g/mol. The molecule has 0 fully saturated rings. The Hall–Kier alpha value is -1.10. The number of hydrogen-bond acceptors (Lipinski definition) is 3. The van der Waals surface area contributed by atoms with E-state index in [1.165, 1.54) is 4.68 Å². The first-order valence-corrected chi connectivity index (χ1v) is 3.34. The summed E-state index contributed by atoms with van der Waals surface area (Å²) in [6.45, 7) is 0. The fraction of sp³-hybridized carbons (Fsp3) is 0.400. The lowest BCUT2D eigenvalue weighted by molar-refractivity contribution is -0.117. The zero-order valence-electron chi connectivity index (χ0n) is 5.86. The zero-order valence-corrected chi connectivity index (χ0v) is 6.62. The van der Waals surface area contributed by atoms with Crippen molar-refractivity contribution < 1.29 is 4.79 Å². The molecule has 0 aliphatic rings. The molecule has 1 aromatic rings. The average Bonchev–Trinajstić information content (AvgIpc) is 2.34. The molecule has 5 nitrogen and oxygen atoms in total. The molecule has 1 rings (SSSR count). The number of nitrogens with zero attached hydrogens (tertiary/aromatic N) is 3. The van der Waals surface area contributed by atoms with Crippen LogP contribution in [0.1, 0.15) is 11.1 Å². The van der Waals surface area contributed by atoms with E-state index in [4.69, 9.17) is 17.3 Å². The molecule has 0 aliphatic heterocycles. The summed E-state index contributed by atoms with van der Waals surface area (Å²) in [5.41, 5.74) is 5.31. The predicted molar refractivity (Wildman–Crippen MR) is 38.8 cm³/mol. The van der Waals surface area contributed by atoms with E-state index in [9.17, 15) is 4.79 Å². The molecule has 1 amide bonds. The van der Waals surface area contributed by atoms with Gasteiger partial charge >= 0.3 is 0 Å². The maximum atomic E-state index is 10.5. The van der Waals surface area contributed by atoms with Crippen molar-refractivity contribution in [1.29, 1.82) is 0 Å². The van der Waals surface area contributed by atoms with Crippen molar-refractivity contribution in [1.82, 2.24) is 15.0 Å². The smallest absolute Gasteiger partial charge is 0.241 e. The van der Waals surface area contributed by atoms with Crippen LogP contribution in [0.2, 0.25) is 0 Å². The lowest BCUT2D eigenvalue weighted by Gasteiger charge is -1.96. The standard InChI is InChI=1S/C5H7ClN4O/c1-10-2-3(8-9-10)4(6)5(7)11/h2,4H,1H3,(H2,7,11). The van der Waals surface area contributed by atoms with Crippen LogP contribution in [0.15, 0.2) is 6.20 Å². The van der Waals surface area contributed by atoms with Crippen LogP contribution in [0.3, 0.4) is 0 Å². The minimum absolute atomic E-state index is 0.377. The number of aromatic nitrogens is 3. The molecule has 0 saturated carbocycles. The number of rotatable bonds is 2. The largest absolute Gasteiger partial charge is 0.368 e. The van der Waals surface area contributed by atoms with E-state index in [2.05, 4.69) is 10.3 Å². The minimum Gasteiger partial charge on any atom is -0.368 e. The lowest BCUT2D eigenvalue weighted by Crippen LogP contribution is -2.17. The highest BCUT2D eigenvalue weighted by Crippen LogP contribution is 2.15. The van der Waals surface area contributed by atoms with Crippen LogP contribution in [0.25, 0.3) is 0 Å². The maximum Gasteiger partial charge on any atom is 0.241 e. The first-order chi connectivity index (χ1) is 5.11. The molecule has 0 aromatic carbocycles. The Labute approximate surface area is 68.1 Å². The Morgan fingerprint density at radius 3 is 2.91 bits per heavy atom. The summed E-state index contributed by atoms with van der Waals surface area (Å²) >= 11 is 5.56. The lowest BCUT2D eigenvalue weighted by atomic mass is 10.3. The number of carbonyl (C=O) groups is 1. The second-order valence-corrected chi connectivity index (χ2v) is 2.52. The number of amides is 1. The summed E-state index contributed by atoms with van der Waals surface area (Å²) in [5.74, 6) is -0.618. The highest BCUT2D eigenvalue weighted by atomic mass is 35.5. The second-order valence-electron chi connectivity index (χ2n) is 2.08. The van der Waals surface area contributed by atoms with Crippen molar-refractivity contribution in [2.75, 3.05) is 0 Å². The topological polar surface area (TPSA) is 73.8 Å². The summed E-state index contributed by atoms with van der Waals surface area (Å²) in [6.07, 6.45) is 1.54. The van der Waals surface area contributed by atoms with Crippen LogP contribution in [0, 0.1) is 0 Å². The van der Waals surface area contributed by atoms with Crippen LogP contribution in [-0.4, -0.2) is 20.9 Å². The van der Waals surface area contributed by atoms with Crippen molar-refractivity contribution >= 4 is 17.5 Å². The number of halogens is 1. The van der Waals surface area contributed by atoms with Crippen LogP contribution >= 0.6 is 11.6 Å². The van der Waals surface area contributed by atoms with Gasteiger partial charge in [0.1, 0.15) is 5.69 Å². The van der Waals surface area contributed by atoms with Crippen molar-refractivity contribution in [3.05, 3.63) is 11.9 Å². The summed E-state index contributed by atoms with van der Waals surface area (Å²) in [4.78, 5) is 10.5. The van der Waals surface area contributed by atoms with Gasteiger partial charge in [-0.2, -0.15) is 0 Å². The van der Waals surface area contributed by atoms with Crippen molar-refractivity contribution in [2.45, 2.75) is 5.38 Å². The molecule has 1 atom stereocenters. The van der Waals surface area contributed by atoms with Gasteiger partial charge in [-0.25, -0.2) is 0 Å². The Kier molecular flexibility index (Phi) is 2.09. The molecule has 1 heterocycles. The molecule has 0 radical (unpaired) electrons. The zero-order chi connectivity index (χ0) is 8.43. The molecule has 11 heavy (non-hydrogen) atoms. The molecule has 60 valence electrons. The molecule has 0 saturated heterocycles. The monoisotopic (exact) mass is 174 g/mol. The van der Waals surface area contributed by atoms with E-state index in [-0.39, 0.29) is 0 Å². The van der Waals surface area contributed by atoms with E-state index < -0.39 is 11.3 Å². The number of hydrogen-bond donors (Lipinski definition) is 1. The van der Waals surface area contributed by atoms with Gasteiger partial charge in [-0.1, -0.05) is 5.21 Å². The fourth-order valence-corrected chi connectivity index (χ4v) is 0.727. The van der Waals surface area contributed by atoms with Crippen molar-refractivity contribution in [3.8, 4) is 0 Å². The Bertz CT molecular complexity index is 271. The molecule has 6 heteroatoms. The number of alkyl halides is 1. The van der Waals surface area contributed by atoms with Gasteiger partial charge in [-0.05, 0) is 0 Å². The number of aryl methyl sites for hydroxylation is 1. The highest BCUT2D eigenvalue weighted by Gasteiger charge is 2.16. The normalized spacial score (nSPS) is 12.9. The van der Waals surface area contributed by atoms with Gasteiger partial charge in [0.25, 0.3) is 0 Å². The number of nitrogens with two attached hydrogens (primary N) is 1. The first-order valence-electron chi connectivity index (χ1n) is 2.91. The molecular formula is C5H7ClN4O. The SMILES string of the molecule is Cn1cc(C(Cl)C(N)=O)nn1. The molecule has 0 aliphatic carbocycles. The summed E-state index contributed by atoms with van der Waals surface area (Å²) in [5, 5.41) is 6.33. The van der Waals surface area contributed by atoms with E-state index in [1.807, 2.05) is 0 Å². The van der Waals surface area contributed by atoms with Crippen LogP contribution in [0.4, 0.5) is 0 Å². The van der Waals surface area contributed by atoms with Crippen LogP contribution in [-0.2, 0) is 11.8 Å². The Balaban J connectivity index is 2.84. The van der Waals surface area contributed by atoms with E-state index in [1.54, 1.807) is 13.2 Å². The summed E-state index contributed by atoms with van der Waals surface area (Å²) < 4.78 is 1.45. The fourth-order valence-electron chi connectivity index (χ4n) is 0.627. The average molecular weight is 175 g/mol. The van der Waals surface area contributed by atoms with Gasteiger partial charge in [-0.3, -0.25) is 9.48 Å². The Morgan fingerprint density at radius 1 is 1.91 bits per heavy atom. The van der Waals surface area contributed by atoms with Gasteiger partial charge in [-0.15, -0.1) is 16.7 Å². The van der Waals surface area contributed by atoms with Gasteiger partial charge in [0.2, 0.25) is 5.91 Å². The van der Waals surface area contributed by atoms with E-state index in [0.717, 1.165) is 0 Å². The highest BCUT2D eigenvalue weighted by molar-refractivity contribution is 6.30. The van der Waals surface area contributed by atoms with Gasteiger partial charge in [0.05, 0.1) is 6.20 Å². The second kappa shape index (κ2) is 2.87. The summed E-state index contributed by atoms with van der Waals surface area (Å²) in [7, 11) is 1.68. The van der Waals surface area contributed by atoms with Crippen molar-refractivity contribution in [2.24, 2.45) is 12.8 Å². The molecule has 1 unspecified atom stereocenters.